The summed E-state index contributed by atoms with van der Waals surface area (Å²) in [7, 11) is 0. The summed E-state index contributed by atoms with van der Waals surface area (Å²) in [4.78, 5) is 19.7. The van der Waals surface area contributed by atoms with Crippen molar-refractivity contribution in [2.75, 3.05) is 19.6 Å². The molecule has 2 heterocycles. The Hall–Kier alpha value is -0.980. The average Bonchev–Trinajstić information content (AvgIpc) is 2.73. The molecule has 0 saturated carbocycles. The highest BCUT2D eigenvalue weighted by Gasteiger charge is 2.20. The molecule has 0 aliphatic carbocycles. The maximum absolute atomic E-state index is 11.8. The van der Waals surface area contributed by atoms with Crippen LogP contribution in [0, 0.1) is 0 Å². The minimum Gasteiger partial charge on any atom is -0.303 e. The van der Waals surface area contributed by atoms with Crippen molar-refractivity contribution in [3.63, 3.8) is 0 Å². The minimum absolute atomic E-state index is 0.225. The van der Waals surface area contributed by atoms with E-state index >= 15 is 0 Å². The van der Waals surface area contributed by atoms with Crippen molar-refractivity contribution in [1.82, 2.24) is 15.3 Å². The molecule has 1 fully saturated rings. The monoisotopic (exact) mass is 310 g/mol. The summed E-state index contributed by atoms with van der Waals surface area (Å²) in [5.41, 5.74) is 3.09. The molecule has 6 heteroatoms. The molecule has 1 aromatic heterocycles. The van der Waals surface area contributed by atoms with Crippen molar-refractivity contribution in [1.29, 1.82) is 0 Å². The lowest BCUT2D eigenvalue weighted by Crippen LogP contribution is -2.30. The fourth-order valence-corrected chi connectivity index (χ4v) is 3.83. The van der Waals surface area contributed by atoms with E-state index in [1.807, 2.05) is 0 Å². The van der Waals surface area contributed by atoms with Crippen LogP contribution in [0.2, 0.25) is 0 Å². The number of rotatable bonds is 5. The van der Waals surface area contributed by atoms with Crippen LogP contribution < -0.4 is 11.3 Å². The number of hydrogen-bond donors (Lipinski definition) is 2. The first-order chi connectivity index (χ1) is 10.1. The molecular formula is C15H26N4OS. The highest BCUT2D eigenvalue weighted by atomic mass is 32.1. The Morgan fingerprint density at radius 2 is 2.00 bits per heavy atom. The fourth-order valence-electron chi connectivity index (χ4n) is 2.72. The molecule has 21 heavy (non-hydrogen) atoms. The highest BCUT2D eigenvalue weighted by Crippen LogP contribution is 2.25. The van der Waals surface area contributed by atoms with Gasteiger partial charge in [-0.1, -0.05) is 26.7 Å². The van der Waals surface area contributed by atoms with Gasteiger partial charge in [0.2, 0.25) is 0 Å². The fraction of sp³-hybridized carbons (Fsp3) is 0.733. The second-order valence-corrected chi connectivity index (χ2v) is 7.04. The van der Waals surface area contributed by atoms with Gasteiger partial charge in [-0.05, 0) is 31.8 Å². The molecule has 2 rings (SSSR count). The first-order valence-corrected chi connectivity index (χ1v) is 8.66. The van der Waals surface area contributed by atoms with Gasteiger partial charge in [0.1, 0.15) is 4.88 Å². The normalized spacial score (nSPS) is 17.0. The average molecular weight is 310 g/mol. The number of hydrogen-bond acceptors (Lipinski definition) is 5. The van der Waals surface area contributed by atoms with Crippen LogP contribution in [0.25, 0.3) is 0 Å². The van der Waals surface area contributed by atoms with E-state index < -0.39 is 0 Å². The Labute approximate surface area is 130 Å². The van der Waals surface area contributed by atoms with Gasteiger partial charge in [-0.2, -0.15) is 0 Å². The van der Waals surface area contributed by atoms with Gasteiger partial charge < -0.3 is 4.90 Å². The first kappa shape index (κ1) is 16.4. The van der Waals surface area contributed by atoms with Gasteiger partial charge in [-0.25, -0.2) is 10.8 Å². The van der Waals surface area contributed by atoms with Crippen LogP contribution in [0.1, 0.15) is 65.8 Å². The molecule has 0 radical (unpaired) electrons. The second kappa shape index (κ2) is 7.87. The number of nitrogens with two attached hydrogens (primary N) is 1. The summed E-state index contributed by atoms with van der Waals surface area (Å²) in [6, 6.07) is 0. The summed E-state index contributed by atoms with van der Waals surface area (Å²) in [5, 5.41) is 1.04. The molecule has 1 amide bonds. The van der Waals surface area contributed by atoms with E-state index in [1.54, 1.807) is 0 Å². The molecule has 5 nitrogen and oxygen atoms in total. The van der Waals surface area contributed by atoms with Crippen LogP contribution in [0.3, 0.4) is 0 Å². The maximum atomic E-state index is 11.8. The predicted molar refractivity (Wildman–Crippen MR) is 86.5 cm³/mol. The molecule has 0 spiro atoms. The zero-order valence-corrected chi connectivity index (χ0v) is 13.8. The smallest absolute Gasteiger partial charge is 0.277 e. The molecule has 0 bridgehead atoms. The van der Waals surface area contributed by atoms with E-state index in [4.69, 9.17) is 5.84 Å². The summed E-state index contributed by atoms with van der Waals surface area (Å²) < 4.78 is 0. The van der Waals surface area contributed by atoms with Crippen molar-refractivity contribution in [3.8, 4) is 0 Å². The number of nitrogens with zero attached hydrogens (tertiary/aromatic N) is 2. The molecule has 118 valence electrons. The number of nitrogens with one attached hydrogen (secondary N) is 1. The SMILES string of the molecule is CC(C)c1nc(CCN2CCCCCC2)sc1C(=O)NN. The van der Waals surface area contributed by atoms with Crippen LogP contribution in [-0.4, -0.2) is 35.4 Å². The number of carbonyl (C=O) groups excluding carboxylic acids is 1. The second-order valence-electron chi connectivity index (χ2n) is 5.96. The molecule has 0 aromatic carbocycles. The molecule has 1 saturated heterocycles. The number of nitrogen functional groups attached to an aromatic ring is 1. The standard InChI is InChI=1S/C15H26N4OS/c1-11(2)13-14(15(20)18-16)21-12(17-13)7-10-19-8-5-3-4-6-9-19/h11H,3-10,16H2,1-2H3,(H,18,20). The Morgan fingerprint density at radius 3 is 2.57 bits per heavy atom. The third-order valence-corrected chi connectivity index (χ3v) is 5.05. The topological polar surface area (TPSA) is 71.2 Å². The number of thiazole rings is 1. The van der Waals surface area contributed by atoms with Crippen molar-refractivity contribution < 1.29 is 4.79 Å². The van der Waals surface area contributed by atoms with Gasteiger partial charge in [-0.3, -0.25) is 10.2 Å². The summed E-state index contributed by atoms with van der Waals surface area (Å²) >= 11 is 1.48. The maximum Gasteiger partial charge on any atom is 0.277 e. The zero-order valence-electron chi connectivity index (χ0n) is 13.0. The van der Waals surface area contributed by atoms with Gasteiger partial charge in [0.05, 0.1) is 10.7 Å². The molecule has 1 aliphatic rings. The van der Waals surface area contributed by atoms with Crippen molar-refractivity contribution in [2.24, 2.45) is 5.84 Å². The van der Waals surface area contributed by atoms with Crippen LogP contribution in [-0.2, 0) is 6.42 Å². The Morgan fingerprint density at radius 1 is 1.33 bits per heavy atom. The molecule has 0 atom stereocenters. The van der Waals surface area contributed by atoms with Crippen molar-refractivity contribution in [2.45, 2.75) is 51.9 Å². The van der Waals surface area contributed by atoms with E-state index in [0.29, 0.717) is 4.88 Å². The van der Waals surface area contributed by atoms with E-state index in [2.05, 4.69) is 29.2 Å². The van der Waals surface area contributed by atoms with E-state index in [1.165, 1.54) is 50.1 Å². The Kier molecular flexibility index (Phi) is 6.14. The van der Waals surface area contributed by atoms with Crippen molar-refractivity contribution >= 4 is 17.2 Å². The molecule has 0 unspecified atom stereocenters. The summed E-state index contributed by atoms with van der Waals surface area (Å²) in [6.45, 7) is 7.54. The minimum atomic E-state index is -0.225. The third-order valence-electron chi connectivity index (χ3n) is 3.92. The van der Waals surface area contributed by atoms with E-state index in [0.717, 1.165) is 23.7 Å². The Bertz CT molecular complexity index is 464. The summed E-state index contributed by atoms with van der Waals surface area (Å²) in [5.74, 6) is 5.27. The van der Waals surface area contributed by atoms with Gasteiger partial charge in [-0.15, -0.1) is 11.3 Å². The van der Waals surface area contributed by atoms with Crippen LogP contribution >= 0.6 is 11.3 Å². The number of amides is 1. The number of likely N-dealkylation sites (tertiary alicyclic amines) is 1. The van der Waals surface area contributed by atoms with Crippen LogP contribution in [0.5, 0.6) is 0 Å². The molecular weight excluding hydrogens is 284 g/mol. The number of aromatic nitrogens is 1. The van der Waals surface area contributed by atoms with E-state index in [-0.39, 0.29) is 11.8 Å². The third kappa shape index (κ3) is 4.49. The lowest BCUT2D eigenvalue weighted by Gasteiger charge is -2.18. The summed E-state index contributed by atoms with van der Waals surface area (Å²) in [6.07, 6.45) is 6.23. The Balaban J connectivity index is 2.01. The van der Waals surface area contributed by atoms with E-state index in [9.17, 15) is 4.79 Å². The highest BCUT2D eigenvalue weighted by molar-refractivity contribution is 7.13. The first-order valence-electron chi connectivity index (χ1n) is 7.84. The van der Waals surface area contributed by atoms with Gasteiger partial charge in [0.15, 0.2) is 0 Å². The molecule has 1 aliphatic heterocycles. The quantitative estimate of drug-likeness (QED) is 0.497. The zero-order chi connectivity index (χ0) is 15.2. The van der Waals surface area contributed by atoms with Gasteiger partial charge >= 0.3 is 0 Å². The van der Waals surface area contributed by atoms with Crippen LogP contribution in [0.15, 0.2) is 0 Å². The largest absolute Gasteiger partial charge is 0.303 e. The lowest BCUT2D eigenvalue weighted by atomic mass is 10.1. The van der Waals surface area contributed by atoms with Crippen LogP contribution in [0.4, 0.5) is 0 Å². The molecule has 3 N–H and O–H groups in total. The number of carbonyl (C=O) groups is 1. The molecule has 1 aromatic rings. The lowest BCUT2D eigenvalue weighted by molar-refractivity contribution is 0.0956. The van der Waals surface area contributed by atoms with Gasteiger partial charge in [0, 0.05) is 13.0 Å². The number of hydrazine groups is 1. The van der Waals surface area contributed by atoms with Crippen molar-refractivity contribution in [3.05, 3.63) is 15.6 Å². The van der Waals surface area contributed by atoms with Gasteiger partial charge in [0.25, 0.3) is 5.91 Å². The predicted octanol–water partition coefficient (Wildman–Crippen LogP) is 2.29.